The number of hydrogen-bond acceptors (Lipinski definition) is 3. The number of carboxylic acids is 1. The predicted octanol–water partition coefficient (Wildman–Crippen LogP) is 0.851. The summed E-state index contributed by atoms with van der Waals surface area (Å²) in [7, 11) is 1.56. The average molecular weight is 222 g/mol. The summed E-state index contributed by atoms with van der Waals surface area (Å²) in [5.41, 5.74) is 1.66. The number of carboxylic acid groups (broad SMARTS) is 1. The van der Waals surface area contributed by atoms with Crippen molar-refractivity contribution in [2.24, 2.45) is 0 Å². The summed E-state index contributed by atoms with van der Waals surface area (Å²) < 4.78 is 0. The van der Waals surface area contributed by atoms with E-state index in [9.17, 15) is 9.59 Å². The molecule has 0 bridgehead atoms. The number of rotatable bonds is 4. The van der Waals surface area contributed by atoms with Crippen LogP contribution in [0, 0.1) is 6.92 Å². The van der Waals surface area contributed by atoms with Crippen LogP contribution in [0.25, 0.3) is 0 Å². The first-order chi connectivity index (χ1) is 7.54. The maximum absolute atomic E-state index is 11.0. The minimum absolute atomic E-state index is 0.125. The lowest BCUT2D eigenvalue weighted by Crippen LogP contribution is -2.26. The molecule has 5 heteroatoms. The molecule has 1 amide bonds. The highest BCUT2D eigenvalue weighted by Crippen LogP contribution is 2.14. The second kappa shape index (κ2) is 5.16. The number of anilines is 1. The number of benzene rings is 1. The third-order valence-electron chi connectivity index (χ3n) is 2.19. The standard InChI is InChI=1S/C11H14N2O3/c1-7-5-8(13-6-10(14)12-2)3-4-9(7)11(15)16/h3-5,13H,6H2,1-2H3,(H,12,14)(H,15,16). The molecule has 16 heavy (non-hydrogen) atoms. The molecule has 0 heterocycles. The summed E-state index contributed by atoms with van der Waals surface area (Å²) in [4.78, 5) is 21.7. The van der Waals surface area contributed by atoms with Crippen molar-refractivity contribution in [3.8, 4) is 0 Å². The molecule has 3 N–H and O–H groups in total. The van der Waals surface area contributed by atoms with Crippen molar-refractivity contribution in [1.29, 1.82) is 0 Å². The van der Waals surface area contributed by atoms with Gasteiger partial charge in [0.15, 0.2) is 0 Å². The lowest BCUT2D eigenvalue weighted by Gasteiger charge is -2.07. The zero-order valence-corrected chi connectivity index (χ0v) is 9.20. The van der Waals surface area contributed by atoms with Crippen LogP contribution in [0.3, 0.4) is 0 Å². The fourth-order valence-corrected chi connectivity index (χ4v) is 1.28. The molecule has 1 rings (SSSR count). The van der Waals surface area contributed by atoms with Crippen LogP contribution in [-0.2, 0) is 4.79 Å². The van der Waals surface area contributed by atoms with E-state index in [0.29, 0.717) is 5.56 Å². The molecule has 86 valence electrons. The second-order valence-electron chi connectivity index (χ2n) is 3.36. The number of aromatic carboxylic acids is 1. The van der Waals surface area contributed by atoms with E-state index in [-0.39, 0.29) is 18.0 Å². The van der Waals surface area contributed by atoms with E-state index in [0.717, 1.165) is 5.69 Å². The van der Waals surface area contributed by atoms with Gasteiger partial charge < -0.3 is 15.7 Å². The molecule has 0 spiro atoms. The maximum Gasteiger partial charge on any atom is 0.335 e. The minimum atomic E-state index is -0.949. The molecule has 1 aromatic rings. The lowest BCUT2D eigenvalue weighted by atomic mass is 10.1. The highest BCUT2D eigenvalue weighted by Gasteiger charge is 2.07. The topological polar surface area (TPSA) is 78.4 Å². The first-order valence-corrected chi connectivity index (χ1v) is 4.83. The first kappa shape index (κ1) is 12.0. The average Bonchev–Trinajstić information content (AvgIpc) is 2.25. The van der Waals surface area contributed by atoms with Gasteiger partial charge in [-0.1, -0.05) is 0 Å². The summed E-state index contributed by atoms with van der Waals surface area (Å²) in [5.74, 6) is -1.07. The maximum atomic E-state index is 11.0. The van der Waals surface area contributed by atoms with Crippen LogP contribution in [0.1, 0.15) is 15.9 Å². The number of carbonyl (C=O) groups is 2. The summed E-state index contributed by atoms with van der Waals surface area (Å²) >= 11 is 0. The van der Waals surface area contributed by atoms with Gasteiger partial charge in [0.25, 0.3) is 0 Å². The Kier molecular flexibility index (Phi) is 3.88. The lowest BCUT2D eigenvalue weighted by molar-refractivity contribution is -0.118. The van der Waals surface area contributed by atoms with E-state index in [1.54, 1.807) is 26.1 Å². The van der Waals surface area contributed by atoms with E-state index in [4.69, 9.17) is 5.11 Å². The quantitative estimate of drug-likeness (QED) is 0.705. The van der Waals surface area contributed by atoms with Gasteiger partial charge in [0.1, 0.15) is 0 Å². The van der Waals surface area contributed by atoms with Gasteiger partial charge in [0, 0.05) is 12.7 Å². The van der Waals surface area contributed by atoms with Gasteiger partial charge in [-0.2, -0.15) is 0 Å². The van der Waals surface area contributed by atoms with Gasteiger partial charge in [0.05, 0.1) is 12.1 Å². The molecule has 0 saturated carbocycles. The second-order valence-corrected chi connectivity index (χ2v) is 3.36. The summed E-state index contributed by atoms with van der Waals surface area (Å²) in [6.45, 7) is 1.89. The SMILES string of the molecule is CNC(=O)CNc1ccc(C(=O)O)c(C)c1. The van der Waals surface area contributed by atoms with Crippen molar-refractivity contribution in [1.82, 2.24) is 5.32 Å². The van der Waals surface area contributed by atoms with Crippen LogP contribution in [0.15, 0.2) is 18.2 Å². The Balaban J connectivity index is 2.74. The van der Waals surface area contributed by atoms with E-state index in [2.05, 4.69) is 10.6 Å². The molecule has 0 aliphatic heterocycles. The van der Waals surface area contributed by atoms with Crippen LogP contribution in [0.2, 0.25) is 0 Å². The molecule has 0 aliphatic carbocycles. The molecule has 0 fully saturated rings. The Morgan fingerprint density at radius 1 is 1.38 bits per heavy atom. The van der Waals surface area contributed by atoms with Crippen LogP contribution >= 0.6 is 0 Å². The van der Waals surface area contributed by atoms with Gasteiger partial charge in [-0.3, -0.25) is 4.79 Å². The third kappa shape index (κ3) is 2.98. The van der Waals surface area contributed by atoms with Gasteiger partial charge in [0.2, 0.25) is 5.91 Å². The minimum Gasteiger partial charge on any atom is -0.478 e. The highest BCUT2D eigenvalue weighted by molar-refractivity contribution is 5.90. The van der Waals surface area contributed by atoms with Crippen LogP contribution in [-0.4, -0.2) is 30.6 Å². The summed E-state index contributed by atoms with van der Waals surface area (Å²) in [5, 5.41) is 14.2. The van der Waals surface area contributed by atoms with Gasteiger partial charge in [-0.25, -0.2) is 4.79 Å². The highest BCUT2D eigenvalue weighted by atomic mass is 16.4. The van der Waals surface area contributed by atoms with Crippen molar-refractivity contribution in [3.05, 3.63) is 29.3 Å². The molecular weight excluding hydrogens is 208 g/mol. The Labute approximate surface area is 93.5 Å². The molecule has 0 atom stereocenters. The van der Waals surface area contributed by atoms with Crippen LogP contribution < -0.4 is 10.6 Å². The van der Waals surface area contributed by atoms with Gasteiger partial charge >= 0.3 is 5.97 Å². The van der Waals surface area contributed by atoms with Gasteiger partial charge in [-0.05, 0) is 30.7 Å². The Bertz CT molecular complexity index is 416. The fraction of sp³-hybridized carbons (Fsp3) is 0.273. The van der Waals surface area contributed by atoms with E-state index in [1.165, 1.54) is 6.07 Å². The number of hydrogen-bond donors (Lipinski definition) is 3. The predicted molar refractivity (Wildman–Crippen MR) is 60.7 cm³/mol. The number of nitrogens with one attached hydrogen (secondary N) is 2. The number of carbonyl (C=O) groups excluding carboxylic acids is 1. The number of aryl methyl sites for hydroxylation is 1. The molecule has 0 radical (unpaired) electrons. The molecule has 0 aliphatic rings. The van der Waals surface area contributed by atoms with E-state index < -0.39 is 5.97 Å². The third-order valence-corrected chi connectivity index (χ3v) is 2.19. The molecule has 0 aromatic heterocycles. The zero-order valence-electron chi connectivity index (χ0n) is 9.20. The van der Waals surface area contributed by atoms with Crippen molar-refractivity contribution in [2.45, 2.75) is 6.92 Å². The monoisotopic (exact) mass is 222 g/mol. The smallest absolute Gasteiger partial charge is 0.335 e. The fourth-order valence-electron chi connectivity index (χ4n) is 1.28. The zero-order chi connectivity index (χ0) is 12.1. The summed E-state index contributed by atoms with van der Waals surface area (Å²) in [6.07, 6.45) is 0. The number of likely N-dealkylation sites (N-methyl/N-ethyl adjacent to an activating group) is 1. The van der Waals surface area contributed by atoms with Crippen LogP contribution in [0.5, 0.6) is 0 Å². The van der Waals surface area contributed by atoms with Crippen molar-refractivity contribution >= 4 is 17.6 Å². The Hall–Kier alpha value is -2.04. The molecule has 0 unspecified atom stereocenters. The Morgan fingerprint density at radius 2 is 2.06 bits per heavy atom. The van der Waals surface area contributed by atoms with Crippen molar-refractivity contribution < 1.29 is 14.7 Å². The molecule has 0 saturated heterocycles. The largest absolute Gasteiger partial charge is 0.478 e. The Morgan fingerprint density at radius 3 is 2.56 bits per heavy atom. The molecule has 5 nitrogen and oxygen atoms in total. The van der Waals surface area contributed by atoms with E-state index >= 15 is 0 Å². The van der Waals surface area contributed by atoms with Gasteiger partial charge in [-0.15, -0.1) is 0 Å². The number of amides is 1. The van der Waals surface area contributed by atoms with E-state index in [1.807, 2.05) is 0 Å². The normalized spacial score (nSPS) is 9.62. The molecule has 1 aromatic carbocycles. The molecular formula is C11H14N2O3. The first-order valence-electron chi connectivity index (χ1n) is 4.83. The van der Waals surface area contributed by atoms with Crippen molar-refractivity contribution in [2.75, 3.05) is 18.9 Å². The summed E-state index contributed by atoms with van der Waals surface area (Å²) in [6, 6.07) is 4.86. The van der Waals surface area contributed by atoms with Crippen molar-refractivity contribution in [3.63, 3.8) is 0 Å². The van der Waals surface area contributed by atoms with Crippen LogP contribution in [0.4, 0.5) is 5.69 Å².